The Bertz CT molecular complexity index is 498. The van der Waals surface area contributed by atoms with Gasteiger partial charge in [0.25, 0.3) is 0 Å². The highest BCUT2D eigenvalue weighted by Gasteiger charge is 2.48. The number of rotatable bonds is 3. The Hall–Kier alpha value is -0.870. The molecule has 1 saturated carbocycles. The molecule has 0 radical (unpaired) electrons. The molecule has 2 aliphatic rings. The van der Waals surface area contributed by atoms with Crippen LogP contribution in [0.15, 0.2) is 11.4 Å². The van der Waals surface area contributed by atoms with E-state index in [9.17, 15) is 9.90 Å². The normalized spacial score (nSPS) is 33.2. The predicted molar refractivity (Wildman–Crippen MR) is 80.9 cm³/mol. The van der Waals surface area contributed by atoms with Crippen LogP contribution in [0.4, 0.5) is 0 Å². The zero-order valence-corrected chi connectivity index (χ0v) is 13.0. The second-order valence-corrected chi connectivity index (χ2v) is 7.33. The molecule has 0 aromatic carbocycles. The summed E-state index contributed by atoms with van der Waals surface area (Å²) < 4.78 is 0. The van der Waals surface area contributed by atoms with Gasteiger partial charge in [-0.2, -0.15) is 0 Å². The number of aliphatic hydroxyl groups is 1. The van der Waals surface area contributed by atoms with Gasteiger partial charge in [0.1, 0.15) is 0 Å². The average Bonchev–Trinajstić information content (AvgIpc) is 3.13. The fraction of sp³-hybridized carbons (Fsp3) is 0.688. The van der Waals surface area contributed by atoms with E-state index < -0.39 is 0 Å². The van der Waals surface area contributed by atoms with Gasteiger partial charge in [0.2, 0.25) is 5.91 Å². The van der Waals surface area contributed by atoms with Crippen LogP contribution in [0.2, 0.25) is 0 Å². The van der Waals surface area contributed by atoms with Gasteiger partial charge in [0, 0.05) is 35.9 Å². The first-order valence-electron chi connectivity index (χ1n) is 7.57. The highest BCUT2D eigenvalue weighted by molar-refractivity contribution is 7.10. The highest BCUT2D eigenvalue weighted by Crippen LogP contribution is 2.51. The molecule has 1 aliphatic carbocycles. The van der Waals surface area contributed by atoms with Gasteiger partial charge in [-0.1, -0.05) is 0 Å². The zero-order chi connectivity index (χ0) is 14.3. The SMILES string of the molecule is Cc1ccsc1C1CC1C(=O)N1CC(CO)CCC1C. The lowest BCUT2D eigenvalue weighted by atomic mass is 9.93. The van der Waals surface area contributed by atoms with E-state index in [-0.39, 0.29) is 18.4 Å². The predicted octanol–water partition coefficient (Wildman–Crippen LogP) is 2.78. The van der Waals surface area contributed by atoms with Crippen LogP contribution >= 0.6 is 11.3 Å². The smallest absolute Gasteiger partial charge is 0.226 e. The zero-order valence-electron chi connectivity index (χ0n) is 12.2. The average molecular weight is 293 g/mol. The third-order valence-electron chi connectivity index (χ3n) is 4.87. The van der Waals surface area contributed by atoms with Crippen molar-refractivity contribution in [2.75, 3.05) is 13.2 Å². The van der Waals surface area contributed by atoms with Crippen LogP contribution in [0.25, 0.3) is 0 Å². The molecule has 4 atom stereocenters. The van der Waals surface area contributed by atoms with Crippen molar-refractivity contribution in [2.45, 2.75) is 45.1 Å². The quantitative estimate of drug-likeness (QED) is 0.931. The second-order valence-electron chi connectivity index (χ2n) is 6.38. The molecule has 1 aromatic heterocycles. The van der Waals surface area contributed by atoms with E-state index in [1.165, 1.54) is 10.4 Å². The van der Waals surface area contributed by atoms with Gasteiger partial charge in [-0.3, -0.25) is 4.79 Å². The van der Waals surface area contributed by atoms with E-state index in [1.54, 1.807) is 11.3 Å². The molecule has 3 rings (SSSR count). The summed E-state index contributed by atoms with van der Waals surface area (Å²) in [6, 6.07) is 2.47. The monoisotopic (exact) mass is 293 g/mol. The van der Waals surface area contributed by atoms with E-state index in [0.29, 0.717) is 17.9 Å². The molecule has 4 heteroatoms. The molecule has 1 aliphatic heterocycles. The Morgan fingerprint density at radius 2 is 2.30 bits per heavy atom. The maximum atomic E-state index is 12.7. The third-order valence-corrected chi connectivity index (χ3v) is 6.02. The number of hydrogen-bond donors (Lipinski definition) is 1. The largest absolute Gasteiger partial charge is 0.396 e. The van der Waals surface area contributed by atoms with Crippen molar-refractivity contribution in [3.8, 4) is 0 Å². The summed E-state index contributed by atoms with van der Waals surface area (Å²) in [7, 11) is 0. The minimum absolute atomic E-state index is 0.187. The molecule has 2 heterocycles. The van der Waals surface area contributed by atoms with Crippen LogP contribution in [-0.2, 0) is 4.79 Å². The van der Waals surface area contributed by atoms with Gasteiger partial charge in [0.05, 0.1) is 0 Å². The molecule has 3 nitrogen and oxygen atoms in total. The van der Waals surface area contributed by atoms with Crippen molar-refractivity contribution in [2.24, 2.45) is 11.8 Å². The number of thiophene rings is 1. The van der Waals surface area contributed by atoms with Gasteiger partial charge >= 0.3 is 0 Å². The van der Waals surface area contributed by atoms with E-state index in [1.807, 2.05) is 4.90 Å². The van der Waals surface area contributed by atoms with Gasteiger partial charge in [-0.05, 0) is 56.0 Å². The van der Waals surface area contributed by atoms with E-state index >= 15 is 0 Å². The molecule has 2 fully saturated rings. The summed E-state index contributed by atoms with van der Waals surface area (Å²) in [5.74, 6) is 1.22. The number of piperidine rings is 1. The van der Waals surface area contributed by atoms with Crippen LogP contribution in [0, 0.1) is 18.8 Å². The number of aliphatic hydroxyl groups excluding tert-OH is 1. The van der Waals surface area contributed by atoms with Crippen LogP contribution in [0.1, 0.15) is 42.5 Å². The van der Waals surface area contributed by atoms with E-state index in [0.717, 1.165) is 25.8 Å². The number of likely N-dealkylation sites (tertiary alicyclic amines) is 1. The molecular formula is C16H23NO2S. The lowest BCUT2D eigenvalue weighted by molar-refractivity contribution is -0.137. The third kappa shape index (κ3) is 2.51. The van der Waals surface area contributed by atoms with Crippen LogP contribution in [-0.4, -0.2) is 35.1 Å². The standard InChI is InChI=1S/C16H23NO2S/c1-10-5-6-20-15(10)13-7-14(13)16(19)17-8-12(9-18)4-3-11(17)2/h5-6,11-14,18H,3-4,7-9H2,1-2H3. The van der Waals surface area contributed by atoms with Crippen LogP contribution in [0.5, 0.6) is 0 Å². The lowest BCUT2D eigenvalue weighted by Gasteiger charge is -2.37. The molecule has 1 amide bonds. The number of carbonyl (C=O) groups excluding carboxylic acids is 1. The first-order chi connectivity index (χ1) is 9.61. The first kappa shape index (κ1) is 14.1. The van der Waals surface area contributed by atoms with Crippen molar-refractivity contribution >= 4 is 17.2 Å². The van der Waals surface area contributed by atoms with Crippen molar-refractivity contribution in [3.63, 3.8) is 0 Å². The maximum absolute atomic E-state index is 12.7. The molecule has 0 bridgehead atoms. The number of amides is 1. The van der Waals surface area contributed by atoms with Gasteiger partial charge in [-0.25, -0.2) is 0 Å². The molecule has 0 spiro atoms. The molecule has 1 aromatic rings. The molecule has 4 unspecified atom stereocenters. The summed E-state index contributed by atoms with van der Waals surface area (Å²) in [6.07, 6.45) is 3.07. The van der Waals surface area contributed by atoms with Crippen molar-refractivity contribution in [1.29, 1.82) is 0 Å². The Morgan fingerprint density at radius 3 is 2.95 bits per heavy atom. The summed E-state index contributed by atoms with van der Waals surface area (Å²) in [5.41, 5.74) is 1.33. The maximum Gasteiger partial charge on any atom is 0.226 e. The molecule has 1 N–H and O–H groups in total. The van der Waals surface area contributed by atoms with Gasteiger partial charge in [0.15, 0.2) is 0 Å². The van der Waals surface area contributed by atoms with Crippen LogP contribution < -0.4 is 0 Å². The highest BCUT2D eigenvalue weighted by atomic mass is 32.1. The van der Waals surface area contributed by atoms with Crippen LogP contribution in [0.3, 0.4) is 0 Å². The Morgan fingerprint density at radius 1 is 1.50 bits per heavy atom. The molecule has 110 valence electrons. The van der Waals surface area contributed by atoms with Gasteiger partial charge < -0.3 is 10.0 Å². The molecular weight excluding hydrogens is 270 g/mol. The Labute approximate surface area is 124 Å². The fourth-order valence-electron chi connectivity index (χ4n) is 3.37. The summed E-state index contributed by atoms with van der Waals surface area (Å²) >= 11 is 1.78. The number of nitrogens with zero attached hydrogens (tertiary/aromatic N) is 1. The minimum Gasteiger partial charge on any atom is -0.396 e. The van der Waals surface area contributed by atoms with Crippen molar-refractivity contribution in [3.05, 3.63) is 21.9 Å². The summed E-state index contributed by atoms with van der Waals surface area (Å²) in [5, 5.41) is 11.5. The number of carbonyl (C=O) groups is 1. The Balaban J connectivity index is 1.66. The minimum atomic E-state index is 0.187. The van der Waals surface area contributed by atoms with E-state index in [2.05, 4.69) is 25.3 Å². The second kappa shape index (κ2) is 5.49. The number of hydrogen-bond acceptors (Lipinski definition) is 3. The van der Waals surface area contributed by atoms with Crippen molar-refractivity contribution in [1.82, 2.24) is 4.90 Å². The fourth-order valence-corrected chi connectivity index (χ4v) is 4.48. The summed E-state index contributed by atoms with van der Waals surface area (Å²) in [6.45, 7) is 5.22. The van der Waals surface area contributed by atoms with Gasteiger partial charge in [-0.15, -0.1) is 11.3 Å². The molecule has 1 saturated heterocycles. The first-order valence-corrected chi connectivity index (χ1v) is 8.45. The number of aryl methyl sites for hydroxylation is 1. The van der Waals surface area contributed by atoms with E-state index in [4.69, 9.17) is 0 Å². The lowest BCUT2D eigenvalue weighted by Crippen LogP contribution is -2.47. The Kier molecular flexibility index (Phi) is 3.87. The van der Waals surface area contributed by atoms with Crippen molar-refractivity contribution < 1.29 is 9.90 Å². The summed E-state index contributed by atoms with van der Waals surface area (Å²) in [4.78, 5) is 16.1. The topological polar surface area (TPSA) is 40.5 Å². The molecule has 20 heavy (non-hydrogen) atoms.